The zero-order chi connectivity index (χ0) is 29.7. The van der Waals surface area contributed by atoms with Gasteiger partial charge in [0.1, 0.15) is 6.04 Å². The predicted molar refractivity (Wildman–Crippen MR) is 168 cm³/mol. The smallest absolute Gasteiger partial charge is 0.264 e. The van der Waals surface area contributed by atoms with E-state index < -0.39 is 17.6 Å². The average Bonchev–Trinajstić information content (AvgIpc) is 3.61. The van der Waals surface area contributed by atoms with Crippen LogP contribution >= 0.6 is 0 Å². The van der Waals surface area contributed by atoms with Crippen LogP contribution in [-0.4, -0.2) is 60.3 Å². The summed E-state index contributed by atoms with van der Waals surface area (Å²) in [6.45, 7) is 7.96. The fourth-order valence-corrected chi connectivity index (χ4v) is 7.38. The van der Waals surface area contributed by atoms with Gasteiger partial charge in [0, 0.05) is 36.8 Å². The third-order valence-electron chi connectivity index (χ3n) is 10.0. The number of likely N-dealkylation sites (tertiary alicyclic amines) is 1. The summed E-state index contributed by atoms with van der Waals surface area (Å²) in [4.78, 5) is 32.4. The molecule has 2 aromatic rings. The van der Waals surface area contributed by atoms with Crippen LogP contribution in [0.1, 0.15) is 82.3 Å². The number of nitrogens with one attached hydrogen (secondary N) is 1. The Balaban J connectivity index is 0.000000300. The maximum Gasteiger partial charge on any atom is 0.264 e. The van der Waals surface area contributed by atoms with Crippen molar-refractivity contribution >= 4 is 18.5 Å². The number of hydrogen-bond donors (Lipinski definition) is 3. The second-order valence-corrected chi connectivity index (χ2v) is 13.0. The number of nitrogens with zero attached hydrogens (tertiary/aromatic N) is 2. The van der Waals surface area contributed by atoms with Gasteiger partial charge in [-0.2, -0.15) is 0 Å². The van der Waals surface area contributed by atoms with Gasteiger partial charge in [0.15, 0.2) is 5.60 Å². The Morgan fingerprint density at radius 3 is 2.10 bits per heavy atom. The molecular formula is C35H48N4O3. The number of hydrogen-bond acceptors (Lipinski definition) is 5. The van der Waals surface area contributed by atoms with Crippen molar-refractivity contribution in [1.82, 2.24) is 10.2 Å². The van der Waals surface area contributed by atoms with Gasteiger partial charge in [-0.15, -0.1) is 0 Å². The zero-order valence-electron chi connectivity index (χ0n) is 25.1. The molecule has 2 aromatic carbocycles. The molecule has 4 aliphatic rings. The van der Waals surface area contributed by atoms with Crippen molar-refractivity contribution < 1.29 is 14.7 Å². The summed E-state index contributed by atoms with van der Waals surface area (Å²) in [5.74, 6) is 1.74. The highest BCUT2D eigenvalue weighted by molar-refractivity contribution is 6.00. The first kappa shape index (κ1) is 30.4. The summed E-state index contributed by atoms with van der Waals surface area (Å²) in [7, 11) is 0. The zero-order valence-corrected chi connectivity index (χ0v) is 25.1. The Bertz CT molecular complexity index is 1200. The van der Waals surface area contributed by atoms with E-state index in [1.54, 1.807) is 4.90 Å². The van der Waals surface area contributed by atoms with Gasteiger partial charge >= 0.3 is 0 Å². The lowest BCUT2D eigenvalue weighted by Crippen LogP contribution is -2.53. The van der Waals surface area contributed by atoms with Gasteiger partial charge in [0.2, 0.25) is 5.91 Å². The molecule has 3 fully saturated rings. The van der Waals surface area contributed by atoms with Crippen LogP contribution in [0.3, 0.4) is 0 Å². The molecule has 42 heavy (non-hydrogen) atoms. The van der Waals surface area contributed by atoms with Crippen LogP contribution in [0.25, 0.3) is 11.1 Å². The maximum atomic E-state index is 13.8. The molecule has 3 aliphatic carbocycles. The molecule has 0 spiro atoms. The number of aliphatic imine (C=N–C) groups is 1. The number of nitrogens with two attached hydrogens (primary N) is 1. The van der Waals surface area contributed by atoms with Crippen LogP contribution in [0.2, 0.25) is 0 Å². The SMILES string of the molecule is C=NCC1CCC(C)CC1.NC1CCC(CNC(=O)[C@@H]2CCCN2C(=O)C2(O)c3ccccc3-c3ccccc32)CC1. The van der Waals surface area contributed by atoms with E-state index in [2.05, 4.69) is 24.0 Å². The molecule has 2 saturated carbocycles. The van der Waals surface area contributed by atoms with Crippen LogP contribution in [0, 0.1) is 17.8 Å². The van der Waals surface area contributed by atoms with Crippen molar-refractivity contribution in [3.8, 4) is 11.1 Å². The monoisotopic (exact) mass is 572 g/mol. The molecule has 0 aromatic heterocycles. The molecule has 0 bridgehead atoms. The summed E-state index contributed by atoms with van der Waals surface area (Å²) in [5.41, 5.74) is 7.15. The largest absolute Gasteiger partial charge is 0.372 e. The van der Waals surface area contributed by atoms with E-state index in [9.17, 15) is 14.7 Å². The quantitative estimate of drug-likeness (QED) is 0.422. The molecule has 1 aliphatic heterocycles. The van der Waals surface area contributed by atoms with E-state index in [0.29, 0.717) is 36.6 Å². The highest BCUT2D eigenvalue weighted by atomic mass is 16.3. The van der Waals surface area contributed by atoms with Crippen molar-refractivity contribution in [3.05, 3.63) is 59.7 Å². The summed E-state index contributed by atoms with van der Waals surface area (Å²) < 4.78 is 0. The van der Waals surface area contributed by atoms with Gasteiger partial charge in [-0.1, -0.05) is 68.3 Å². The van der Waals surface area contributed by atoms with Gasteiger partial charge in [0.25, 0.3) is 5.91 Å². The molecular weight excluding hydrogens is 524 g/mol. The summed E-state index contributed by atoms with van der Waals surface area (Å²) >= 11 is 0. The normalized spacial score (nSPS) is 27.7. The van der Waals surface area contributed by atoms with Gasteiger partial charge in [-0.05, 0) is 87.0 Å². The number of carbonyl (C=O) groups is 2. The van der Waals surface area contributed by atoms with Crippen LogP contribution < -0.4 is 11.1 Å². The molecule has 0 unspecified atom stereocenters. The molecule has 7 heteroatoms. The number of benzene rings is 2. The van der Waals surface area contributed by atoms with Crippen molar-refractivity contribution in [2.75, 3.05) is 19.6 Å². The lowest BCUT2D eigenvalue weighted by Gasteiger charge is -2.33. The maximum absolute atomic E-state index is 13.8. The molecule has 1 saturated heterocycles. The van der Waals surface area contributed by atoms with Gasteiger partial charge in [-0.25, -0.2) is 0 Å². The first-order valence-corrected chi connectivity index (χ1v) is 16.0. The van der Waals surface area contributed by atoms with Crippen molar-refractivity contribution in [2.24, 2.45) is 28.5 Å². The van der Waals surface area contributed by atoms with Crippen LogP contribution in [-0.2, 0) is 15.2 Å². The van der Waals surface area contributed by atoms with E-state index in [0.717, 1.165) is 61.6 Å². The highest BCUT2D eigenvalue weighted by Crippen LogP contribution is 2.48. The van der Waals surface area contributed by atoms with Gasteiger partial charge in [0.05, 0.1) is 0 Å². The van der Waals surface area contributed by atoms with E-state index in [1.165, 1.54) is 25.7 Å². The van der Waals surface area contributed by atoms with E-state index >= 15 is 0 Å². The van der Waals surface area contributed by atoms with E-state index in [-0.39, 0.29) is 11.9 Å². The average molecular weight is 573 g/mol. The Hall–Kier alpha value is -3.03. The fraction of sp³-hybridized carbons (Fsp3) is 0.571. The first-order chi connectivity index (χ1) is 20.3. The van der Waals surface area contributed by atoms with Gasteiger partial charge < -0.3 is 26.0 Å². The minimum Gasteiger partial charge on any atom is -0.372 e. The van der Waals surface area contributed by atoms with E-state index in [4.69, 9.17) is 5.73 Å². The lowest BCUT2D eigenvalue weighted by atomic mass is 9.83. The Kier molecular flexibility index (Phi) is 9.79. The molecule has 1 heterocycles. The van der Waals surface area contributed by atoms with Crippen LogP contribution in [0.4, 0.5) is 0 Å². The topological polar surface area (TPSA) is 108 Å². The summed E-state index contributed by atoms with van der Waals surface area (Å²) in [5, 5.41) is 14.9. The van der Waals surface area contributed by atoms with Crippen molar-refractivity contribution in [3.63, 3.8) is 0 Å². The number of fused-ring (bicyclic) bond motifs is 3. The second-order valence-electron chi connectivity index (χ2n) is 13.0. The highest BCUT2D eigenvalue weighted by Gasteiger charge is 2.52. The second kappa shape index (κ2) is 13.5. The molecule has 2 amide bonds. The Morgan fingerprint density at radius 1 is 0.929 bits per heavy atom. The number of rotatable bonds is 6. The third kappa shape index (κ3) is 6.32. The summed E-state index contributed by atoms with van der Waals surface area (Å²) in [6, 6.07) is 14.7. The lowest BCUT2D eigenvalue weighted by molar-refractivity contribution is -0.151. The molecule has 226 valence electrons. The Labute approximate surface area is 251 Å². The number of aliphatic hydroxyl groups is 1. The first-order valence-electron chi connectivity index (χ1n) is 16.0. The molecule has 7 nitrogen and oxygen atoms in total. The minimum absolute atomic E-state index is 0.117. The molecule has 1 atom stereocenters. The summed E-state index contributed by atoms with van der Waals surface area (Å²) in [6.07, 6.45) is 11.0. The number of amides is 2. The molecule has 4 N–H and O–H groups in total. The van der Waals surface area contributed by atoms with Crippen molar-refractivity contribution in [2.45, 2.75) is 88.8 Å². The third-order valence-corrected chi connectivity index (χ3v) is 10.0. The van der Waals surface area contributed by atoms with Crippen molar-refractivity contribution in [1.29, 1.82) is 0 Å². The van der Waals surface area contributed by atoms with Gasteiger partial charge in [-0.3, -0.25) is 9.59 Å². The standard InChI is InChI=1S/C26H31N3O3.C9H17N/c27-18-13-11-17(12-14-18)16-28-24(30)23-10-5-15-29(23)25(31)26(32)21-8-3-1-6-19(21)20-7-2-4-9-22(20)26;1-8-3-5-9(6-4-8)7-10-2/h1-4,6-9,17-18,23,32H,5,10-16,27H2,(H,28,30);8-9H,2-7H2,1H3/t17?,18?,23-;/m0./s1. The van der Waals surface area contributed by atoms with Crippen LogP contribution in [0.5, 0.6) is 0 Å². The van der Waals surface area contributed by atoms with Crippen LogP contribution in [0.15, 0.2) is 53.5 Å². The predicted octanol–water partition coefficient (Wildman–Crippen LogP) is 5.04. The van der Waals surface area contributed by atoms with E-state index in [1.807, 2.05) is 48.5 Å². The fourth-order valence-electron chi connectivity index (χ4n) is 7.38. The Morgan fingerprint density at radius 2 is 1.50 bits per heavy atom. The number of carbonyl (C=O) groups excluding carboxylic acids is 2. The minimum atomic E-state index is -1.77. The molecule has 6 rings (SSSR count). The molecule has 0 radical (unpaired) electrons.